The van der Waals surface area contributed by atoms with Crippen molar-refractivity contribution < 1.29 is 18.0 Å². The number of hydrogen-bond donors (Lipinski definition) is 1. The van der Waals surface area contributed by atoms with E-state index in [1.54, 1.807) is 49.4 Å². The highest BCUT2D eigenvalue weighted by atomic mass is 79.9. The molecule has 1 fully saturated rings. The van der Waals surface area contributed by atoms with E-state index in [-0.39, 0.29) is 18.5 Å². The van der Waals surface area contributed by atoms with Crippen molar-refractivity contribution in [1.29, 1.82) is 0 Å². The van der Waals surface area contributed by atoms with Crippen LogP contribution in [0.3, 0.4) is 0 Å². The Hall–Kier alpha value is -2.10. The van der Waals surface area contributed by atoms with Crippen LogP contribution in [-0.4, -0.2) is 50.0 Å². The molecule has 3 rings (SSSR count). The molecule has 0 aliphatic heterocycles. The molecule has 0 spiro atoms. The Morgan fingerprint density at radius 3 is 2.43 bits per heavy atom. The highest BCUT2D eigenvalue weighted by molar-refractivity contribution is 9.10. The number of para-hydroxylation sites is 1. The number of benzene rings is 2. The van der Waals surface area contributed by atoms with Crippen molar-refractivity contribution in [3.63, 3.8) is 0 Å². The third-order valence-electron chi connectivity index (χ3n) is 6.16. The van der Waals surface area contributed by atoms with Crippen LogP contribution < -0.4 is 9.62 Å². The second-order valence-electron chi connectivity index (χ2n) is 8.89. The van der Waals surface area contributed by atoms with Gasteiger partial charge in [-0.2, -0.15) is 0 Å². The number of anilines is 1. The van der Waals surface area contributed by atoms with Gasteiger partial charge in [0.05, 0.1) is 11.9 Å². The summed E-state index contributed by atoms with van der Waals surface area (Å²) in [6.45, 7) is 1.35. The zero-order valence-corrected chi connectivity index (χ0v) is 23.1. The molecule has 1 unspecified atom stereocenters. The third kappa shape index (κ3) is 7.69. The third-order valence-corrected chi connectivity index (χ3v) is 8.19. The lowest BCUT2D eigenvalue weighted by Gasteiger charge is -2.33. The summed E-state index contributed by atoms with van der Waals surface area (Å²) in [7, 11) is -3.78. The monoisotopic (exact) mass is 583 g/mol. The summed E-state index contributed by atoms with van der Waals surface area (Å²) in [4.78, 5) is 28.2. The van der Waals surface area contributed by atoms with Crippen molar-refractivity contribution in [1.82, 2.24) is 10.2 Å². The molecule has 1 N–H and O–H groups in total. The molecule has 1 atom stereocenters. The highest BCUT2D eigenvalue weighted by Gasteiger charge is 2.31. The van der Waals surface area contributed by atoms with E-state index in [1.807, 2.05) is 6.07 Å². The minimum absolute atomic E-state index is 0.0922. The smallest absolute Gasteiger partial charge is 0.244 e. The second-order valence-corrected chi connectivity index (χ2v) is 12.1. The van der Waals surface area contributed by atoms with Crippen molar-refractivity contribution in [2.24, 2.45) is 0 Å². The summed E-state index contributed by atoms with van der Waals surface area (Å²) in [6, 6.07) is 13.1. The first-order valence-electron chi connectivity index (χ1n) is 11.6. The largest absolute Gasteiger partial charge is 0.352 e. The van der Waals surface area contributed by atoms with Crippen LogP contribution in [0.1, 0.15) is 44.6 Å². The Morgan fingerprint density at radius 1 is 1.11 bits per heavy atom. The van der Waals surface area contributed by atoms with Gasteiger partial charge in [-0.1, -0.05) is 55.1 Å². The topological polar surface area (TPSA) is 86.8 Å². The summed E-state index contributed by atoms with van der Waals surface area (Å²) in [5.41, 5.74) is 1.10. The van der Waals surface area contributed by atoms with Gasteiger partial charge in [-0.05, 0) is 65.5 Å². The first kappa shape index (κ1) is 27.5. The predicted molar refractivity (Wildman–Crippen MR) is 143 cm³/mol. The van der Waals surface area contributed by atoms with Crippen molar-refractivity contribution >= 4 is 55.1 Å². The lowest BCUT2D eigenvalue weighted by atomic mass is 9.95. The highest BCUT2D eigenvalue weighted by Crippen LogP contribution is 2.28. The fourth-order valence-corrected chi connectivity index (χ4v) is 5.92. The van der Waals surface area contributed by atoms with Gasteiger partial charge in [0.25, 0.3) is 0 Å². The van der Waals surface area contributed by atoms with Crippen LogP contribution in [0.5, 0.6) is 0 Å². The van der Waals surface area contributed by atoms with Crippen molar-refractivity contribution in [2.75, 3.05) is 17.1 Å². The number of hydrogen-bond acceptors (Lipinski definition) is 4. The van der Waals surface area contributed by atoms with Gasteiger partial charge in [0.2, 0.25) is 21.8 Å². The zero-order chi connectivity index (χ0) is 25.6. The van der Waals surface area contributed by atoms with Crippen molar-refractivity contribution in [3.8, 4) is 0 Å². The van der Waals surface area contributed by atoms with Crippen LogP contribution in [0.2, 0.25) is 5.02 Å². The number of rotatable bonds is 9. The molecule has 35 heavy (non-hydrogen) atoms. The minimum Gasteiger partial charge on any atom is -0.352 e. The summed E-state index contributed by atoms with van der Waals surface area (Å²) in [6.07, 6.45) is 6.20. The average Bonchev–Trinajstić information content (AvgIpc) is 2.81. The molecular weight excluding hydrogens is 554 g/mol. The molecule has 2 amide bonds. The number of halogens is 2. The molecule has 0 bridgehead atoms. The van der Waals surface area contributed by atoms with Crippen LogP contribution in [-0.2, 0) is 26.2 Å². The lowest BCUT2D eigenvalue weighted by molar-refractivity contribution is -0.139. The van der Waals surface area contributed by atoms with Gasteiger partial charge in [0.15, 0.2) is 0 Å². The summed E-state index contributed by atoms with van der Waals surface area (Å²) >= 11 is 9.52. The molecule has 1 aliphatic rings. The van der Waals surface area contributed by atoms with E-state index in [2.05, 4.69) is 21.2 Å². The van der Waals surface area contributed by atoms with Gasteiger partial charge in [-0.3, -0.25) is 13.9 Å². The van der Waals surface area contributed by atoms with Crippen LogP contribution in [0.4, 0.5) is 5.69 Å². The molecular formula is C25H31BrClN3O4S. The van der Waals surface area contributed by atoms with Crippen molar-refractivity contribution in [3.05, 3.63) is 63.6 Å². The van der Waals surface area contributed by atoms with Gasteiger partial charge >= 0.3 is 0 Å². The Labute approximate surface area is 221 Å². The van der Waals surface area contributed by atoms with E-state index in [1.165, 1.54) is 4.90 Å². The van der Waals surface area contributed by atoms with Gasteiger partial charge < -0.3 is 10.2 Å². The number of sulfonamides is 1. The maximum atomic E-state index is 13.6. The van der Waals surface area contributed by atoms with Gasteiger partial charge in [-0.25, -0.2) is 8.42 Å². The van der Waals surface area contributed by atoms with Gasteiger partial charge in [-0.15, -0.1) is 0 Å². The van der Waals surface area contributed by atoms with E-state index >= 15 is 0 Å². The maximum Gasteiger partial charge on any atom is 0.244 e. The molecule has 0 radical (unpaired) electrons. The Balaban J connectivity index is 1.88. The van der Waals surface area contributed by atoms with Crippen molar-refractivity contribution in [2.45, 2.75) is 57.7 Å². The van der Waals surface area contributed by atoms with Gasteiger partial charge in [0.1, 0.15) is 12.6 Å². The van der Waals surface area contributed by atoms with Crippen LogP contribution in [0.15, 0.2) is 53.0 Å². The summed E-state index contributed by atoms with van der Waals surface area (Å²) in [5.74, 6) is -0.739. The number of carbonyl (C=O) groups excluding carboxylic acids is 2. The lowest BCUT2D eigenvalue weighted by Crippen LogP contribution is -2.53. The second kappa shape index (κ2) is 12.2. The van der Waals surface area contributed by atoms with E-state index in [9.17, 15) is 18.0 Å². The number of nitrogens with one attached hydrogen (secondary N) is 1. The van der Waals surface area contributed by atoms with E-state index in [4.69, 9.17) is 11.6 Å². The fourth-order valence-electron chi connectivity index (χ4n) is 4.23. The molecule has 0 saturated heterocycles. The number of carbonyl (C=O) groups is 2. The van der Waals surface area contributed by atoms with Crippen LogP contribution in [0.25, 0.3) is 0 Å². The Morgan fingerprint density at radius 2 is 1.80 bits per heavy atom. The molecule has 0 aromatic heterocycles. The molecule has 2 aromatic rings. The zero-order valence-electron chi connectivity index (χ0n) is 19.9. The normalized spacial score (nSPS) is 15.3. The molecule has 1 aliphatic carbocycles. The minimum atomic E-state index is -3.78. The molecule has 1 saturated carbocycles. The van der Waals surface area contributed by atoms with E-state index < -0.39 is 28.5 Å². The number of nitrogens with zero attached hydrogens (tertiary/aromatic N) is 2. The van der Waals surface area contributed by atoms with Crippen LogP contribution >= 0.6 is 27.5 Å². The predicted octanol–water partition coefficient (Wildman–Crippen LogP) is 4.73. The quantitative estimate of drug-likeness (QED) is 0.462. The standard InChI is InChI=1S/C25H31BrClN3O4S/c1-18(25(32)28-21-11-4-3-5-12-21)29(16-19-9-8-10-20(27)15-19)24(31)17-30(35(2,33)34)23-14-7-6-13-22(23)26/h6-10,13-15,18,21H,3-5,11-12,16-17H2,1-2H3,(H,28,32). The Bertz CT molecular complexity index is 1150. The van der Waals surface area contributed by atoms with Crippen LogP contribution in [0, 0.1) is 0 Å². The fraction of sp³-hybridized carbons (Fsp3) is 0.440. The van der Waals surface area contributed by atoms with E-state index in [0.717, 1.165) is 48.2 Å². The maximum absolute atomic E-state index is 13.6. The first-order valence-corrected chi connectivity index (χ1v) is 14.6. The molecule has 10 heteroatoms. The summed E-state index contributed by atoms with van der Waals surface area (Å²) in [5, 5.41) is 3.59. The molecule has 2 aromatic carbocycles. The molecule has 0 heterocycles. The summed E-state index contributed by atoms with van der Waals surface area (Å²) < 4.78 is 26.9. The average molecular weight is 585 g/mol. The van der Waals surface area contributed by atoms with Gasteiger partial charge in [0, 0.05) is 22.1 Å². The molecule has 7 nitrogen and oxygen atoms in total. The number of amides is 2. The first-order chi connectivity index (χ1) is 16.6. The SMILES string of the molecule is CC(C(=O)NC1CCCCC1)N(Cc1cccc(Cl)c1)C(=O)CN(c1ccccc1Br)S(C)(=O)=O. The molecule has 190 valence electrons. The Kier molecular flexibility index (Phi) is 9.61. The van der Waals surface area contributed by atoms with E-state index in [0.29, 0.717) is 15.2 Å².